The normalized spacial score (nSPS) is 10.8. The van der Waals surface area contributed by atoms with Crippen LogP contribution in [0, 0.1) is 0 Å². The fraction of sp³-hybridized carbons (Fsp3) is 0.167. The van der Waals surface area contributed by atoms with Crippen molar-refractivity contribution >= 4 is 39.3 Å². The van der Waals surface area contributed by atoms with Crippen LogP contribution in [0.15, 0.2) is 75.8 Å². The second-order valence-electron chi connectivity index (χ2n) is 7.06. The Kier molecular flexibility index (Phi) is 7.36. The number of nitrogens with zero attached hydrogens (tertiary/aromatic N) is 2. The molecule has 2 aromatic heterocycles. The first-order valence-corrected chi connectivity index (χ1v) is 11.4. The third kappa shape index (κ3) is 6.18. The van der Waals surface area contributed by atoms with E-state index in [1.807, 2.05) is 55.5 Å². The second kappa shape index (κ2) is 10.6. The Morgan fingerprint density at radius 1 is 1.06 bits per heavy atom. The van der Waals surface area contributed by atoms with Gasteiger partial charge in [-0.3, -0.25) is 9.48 Å². The van der Waals surface area contributed by atoms with Crippen LogP contribution >= 0.6 is 27.5 Å². The minimum Gasteiger partial charge on any atom is -0.494 e. The van der Waals surface area contributed by atoms with Crippen molar-refractivity contribution in [1.82, 2.24) is 9.78 Å². The zero-order chi connectivity index (χ0) is 23.2. The summed E-state index contributed by atoms with van der Waals surface area (Å²) in [5.74, 6) is 2.15. The fourth-order valence-electron chi connectivity index (χ4n) is 3.04. The highest BCUT2D eigenvalue weighted by atomic mass is 79.9. The van der Waals surface area contributed by atoms with Crippen LogP contribution in [-0.4, -0.2) is 22.3 Å². The van der Waals surface area contributed by atoms with Gasteiger partial charge in [-0.1, -0.05) is 23.7 Å². The van der Waals surface area contributed by atoms with Gasteiger partial charge in [-0.05, 0) is 76.9 Å². The molecule has 4 rings (SSSR count). The molecule has 1 N–H and O–H groups in total. The number of anilines is 1. The average molecular weight is 531 g/mol. The fourth-order valence-corrected chi connectivity index (χ4v) is 3.58. The lowest BCUT2D eigenvalue weighted by Crippen LogP contribution is -2.12. The molecule has 2 aromatic carbocycles. The number of halogens is 2. The van der Waals surface area contributed by atoms with Crippen molar-refractivity contribution in [3.63, 3.8) is 0 Å². The van der Waals surface area contributed by atoms with Gasteiger partial charge in [0.25, 0.3) is 5.91 Å². The predicted molar refractivity (Wildman–Crippen MR) is 129 cm³/mol. The topological polar surface area (TPSA) is 78.5 Å². The van der Waals surface area contributed by atoms with Gasteiger partial charge in [0.1, 0.15) is 23.9 Å². The summed E-state index contributed by atoms with van der Waals surface area (Å²) in [6.45, 7) is 3.28. The summed E-state index contributed by atoms with van der Waals surface area (Å²) in [6, 6.07) is 18.1. The maximum atomic E-state index is 12.6. The van der Waals surface area contributed by atoms with Gasteiger partial charge in [0, 0.05) is 11.2 Å². The molecule has 0 aliphatic carbocycles. The third-order valence-electron chi connectivity index (χ3n) is 4.61. The van der Waals surface area contributed by atoms with E-state index < -0.39 is 5.91 Å². The lowest BCUT2D eigenvalue weighted by atomic mass is 10.2. The van der Waals surface area contributed by atoms with E-state index in [0.29, 0.717) is 40.0 Å². The van der Waals surface area contributed by atoms with E-state index in [1.165, 1.54) is 0 Å². The van der Waals surface area contributed by atoms with E-state index in [4.69, 9.17) is 25.5 Å². The SMILES string of the molecule is CCOc1ccc(OCc2ccc(C(=O)Nc3nn(Cc4ccc(Cl)cc4)cc3Br)o2)cc1. The number of ether oxygens (including phenoxy) is 2. The summed E-state index contributed by atoms with van der Waals surface area (Å²) in [5, 5.41) is 7.86. The van der Waals surface area contributed by atoms with Crippen molar-refractivity contribution in [2.75, 3.05) is 11.9 Å². The summed E-state index contributed by atoms with van der Waals surface area (Å²) in [6.07, 6.45) is 1.79. The van der Waals surface area contributed by atoms with Crippen LogP contribution in [0.3, 0.4) is 0 Å². The quantitative estimate of drug-likeness (QED) is 0.280. The molecule has 0 aliphatic heterocycles. The number of nitrogens with one attached hydrogen (secondary N) is 1. The number of furan rings is 1. The van der Waals surface area contributed by atoms with E-state index in [1.54, 1.807) is 23.0 Å². The van der Waals surface area contributed by atoms with Gasteiger partial charge in [-0.15, -0.1) is 0 Å². The molecule has 170 valence electrons. The summed E-state index contributed by atoms with van der Waals surface area (Å²) >= 11 is 9.36. The van der Waals surface area contributed by atoms with Crippen molar-refractivity contribution in [3.05, 3.63) is 93.4 Å². The molecule has 0 spiro atoms. The van der Waals surface area contributed by atoms with Crippen LogP contribution in [0.25, 0.3) is 0 Å². The van der Waals surface area contributed by atoms with E-state index in [0.717, 1.165) is 11.3 Å². The molecular weight excluding hydrogens is 510 g/mol. The number of carbonyl (C=O) groups is 1. The molecular formula is C24H21BrClN3O4. The van der Waals surface area contributed by atoms with Crippen LogP contribution in [0.4, 0.5) is 5.82 Å². The van der Waals surface area contributed by atoms with Crippen LogP contribution < -0.4 is 14.8 Å². The first-order valence-electron chi connectivity index (χ1n) is 10.2. The second-order valence-corrected chi connectivity index (χ2v) is 8.35. The first-order chi connectivity index (χ1) is 16.0. The van der Waals surface area contributed by atoms with Crippen LogP contribution in [-0.2, 0) is 13.2 Å². The highest BCUT2D eigenvalue weighted by molar-refractivity contribution is 9.10. The molecule has 2 heterocycles. The van der Waals surface area contributed by atoms with Gasteiger partial charge >= 0.3 is 0 Å². The van der Waals surface area contributed by atoms with Gasteiger partial charge < -0.3 is 19.2 Å². The Bertz CT molecular complexity index is 1220. The monoisotopic (exact) mass is 529 g/mol. The highest BCUT2D eigenvalue weighted by Gasteiger charge is 2.16. The van der Waals surface area contributed by atoms with E-state index in [9.17, 15) is 4.79 Å². The number of hydrogen-bond acceptors (Lipinski definition) is 5. The van der Waals surface area contributed by atoms with Gasteiger partial charge in [-0.2, -0.15) is 5.10 Å². The zero-order valence-corrected chi connectivity index (χ0v) is 20.1. The Hall–Kier alpha value is -3.23. The van der Waals surface area contributed by atoms with Crippen molar-refractivity contribution in [2.24, 2.45) is 0 Å². The van der Waals surface area contributed by atoms with Crippen LogP contribution in [0.5, 0.6) is 11.5 Å². The van der Waals surface area contributed by atoms with Gasteiger partial charge in [0.15, 0.2) is 11.6 Å². The molecule has 0 saturated heterocycles. The number of amides is 1. The largest absolute Gasteiger partial charge is 0.494 e. The standard InChI is InChI=1S/C24H21BrClN3O4/c1-2-31-18-7-9-19(10-8-18)32-15-20-11-12-22(33-20)24(30)27-23-21(25)14-29(28-23)13-16-3-5-17(26)6-4-16/h3-12,14H,2,13,15H2,1H3,(H,27,28,30). The number of benzene rings is 2. The van der Waals surface area contributed by atoms with Gasteiger partial charge in [-0.25, -0.2) is 0 Å². The zero-order valence-electron chi connectivity index (χ0n) is 17.8. The smallest absolute Gasteiger partial charge is 0.292 e. The van der Waals surface area contributed by atoms with Crippen LogP contribution in [0.2, 0.25) is 5.02 Å². The van der Waals surface area contributed by atoms with Crippen molar-refractivity contribution in [3.8, 4) is 11.5 Å². The molecule has 4 aromatic rings. The number of aromatic nitrogens is 2. The van der Waals surface area contributed by atoms with E-state index >= 15 is 0 Å². The molecule has 0 radical (unpaired) electrons. The van der Waals surface area contributed by atoms with Crippen LogP contribution in [0.1, 0.15) is 28.8 Å². The first kappa shape index (κ1) is 22.9. The molecule has 9 heteroatoms. The minimum absolute atomic E-state index is 0.166. The van der Waals surface area contributed by atoms with Crippen molar-refractivity contribution in [1.29, 1.82) is 0 Å². The number of hydrogen-bond donors (Lipinski definition) is 1. The van der Waals surface area contributed by atoms with Crippen molar-refractivity contribution in [2.45, 2.75) is 20.1 Å². The van der Waals surface area contributed by atoms with E-state index in [-0.39, 0.29) is 12.4 Å². The molecule has 33 heavy (non-hydrogen) atoms. The van der Waals surface area contributed by atoms with E-state index in [2.05, 4.69) is 26.3 Å². The summed E-state index contributed by atoms with van der Waals surface area (Å²) in [4.78, 5) is 12.6. The summed E-state index contributed by atoms with van der Waals surface area (Å²) < 4.78 is 19.1. The molecule has 0 saturated carbocycles. The minimum atomic E-state index is -0.403. The molecule has 0 unspecified atom stereocenters. The highest BCUT2D eigenvalue weighted by Crippen LogP contribution is 2.23. The number of carbonyl (C=O) groups excluding carboxylic acids is 1. The molecule has 0 aliphatic rings. The molecule has 0 fully saturated rings. The molecule has 0 atom stereocenters. The predicted octanol–water partition coefficient (Wildman–Crippen LogP) is 6.17. The average Bonchev–Trinajstić information content (AvgIpc) is 3.42. The maximum absolute atomic E-state index is 12.6. The Labute approximate surface area is 204 Å². The molecule has 0 bridgehead atoms. The Morgan fingerprint density at radius 2 is 1.76 bits per heavy atom. The lowest BCUT2D eigenvalue weighted by molar-refractivity contribution is 0.0992. The molecule has 7 nitrogen and oxygen atoms in total. The Morgan fingerprint density at radius 3 is 2.45 bits per heavy atom. The summed E-state index contributed by atoms with van der Waals surface area (Å²) in [7, 11) is 0. The van der Waals surface area contributed by atoms with Gasteiger partial charge in [0.05, 0.1) is 17.6 Å². The third-order valence-corrected chi connectivity index (χ3v) is 5.44. The lowest BCUT2D eigenvalue weighted by Gasteiger charge is -2.06. The summed E-state index contributed by atoms with van der Waals surface area (Å²) in [5.41, 5.74) is 1.04. The molecule has 1 amide bonds. The maximum Gasteiger partial charge on any atom is 0.292 e. The van der Waals surface area contributed by atoms with Crippen molar-refractivity contribution < 1.29 is 18.7 Å². The number of rotatable bonds is 9. The van der Waals surface area contributed by atoms with Gasteiger partial charge in [0.2, 0.25) is 0 Å². The Balaban J connectivity index is 1.33.